The van der Waals surface area contributed by atoms with E-state index in [4.69, 9.17) is 0 Å². The molecule has 0 aliphatic heterocycles. The van der Waals surface area contributed by atoms with Gasteiger partial charge < -0.3 is 0 Å². The molecule has 0 spiro atoms. The Balaban J connectivity index is 2.64. The van der Waals surface area contributed by atoms with Crippen LogP contribution in [0.1, 0.15) is 45.9 Å². The van der Waals surface area contributed by atoms with Crippen molar-refractivity contribution in [2.75, 3.05) is 5.33 Å². The van der Waals surface area contributed by atoms with E-state index in [9.17, 15) is 0 Å². The molecule has 0 N–H and O–H groups in total. The molecular formula is C13H23BrN2. The summed E-state index contributed by atoms with van der Waals surface area (Å²) >= 11 is 3.59. The van der Waals surface area contributed by atoms with Crippen LogP contribution in [0.25, 0.3) is 0 Å². The van der Waals surface area contributed by atoms with Crippen LogP contribution >= 0.6 is 15.9 Å². The normalized spacial score (nSPS) is 15.4. The van der Waals surface area contributed by atoms with Gasteiger partial charge in [0.1, 0.15) is 0 Å². The van der Waals surface area contributed by atoms with Crippen molar-refractivity contribution >= 4 is 15.9 Å². The molecule has 2 unspecified atom stereocenters. The standard InChI is InChI=1S/C13H23BrN2/c1-5-11(4)16-7-6-13(15-16)8-12(9-14)10(2)3/h6-7,10-12H,5,8-9H2,1-4H3. The summed E-state index contributed by atoms with van der Waals surface area (Å²) in [6.45, 7) is 8.96. The Morgan fingerprint density at radius 2 is 2.06 bits per heavy atom. The first-order valence-electron chi connectivity index (χ1n) is 6.18. The summed E-state index contributed by atoms with van der Waals surface area (Å²) in [5, 5.41) is 5.70. The van der Waals surface area contributed by atoms with E-state index in [0.29, 0.717) is 17.9 Å². The lowest BCUT2D eigenvalue weighted by molar-refractivity contribution is 0.415. The molecule has 3 heteroatoms. The van der Waals surface area contributed by atoms with Crippen LogP contribution in [-0.2, 0) is 6.42 Å². The van der Waals surface area contributed by atoms with Crippen molar-refractivity contribution in [3.05, 3.63) is 18.0 Å². The molecule has 2 atom stereocenters. The van der Waals surface area contributed by atoms with Gasteiger partial charge in [-0.1, -0.05) is 36.7 Å². The highest BCUT2D eigenvalue weighted by Crippen LogP contribution is 2.19. The van der Waals surface area contributed by atoms with Gasteiger partial charge in [-0.15, -0.1) is 0 Å². The first-order chi connectivity index (χ1) is 7.58. The Bertz CT molecular complexity index is 307. The summed E-state index contributed by atoms with van der Waals surface area (Å²) in [4.78, 5) is 0. The smallest absolute Gasteiger partial charge is 0.0627 e. The zero-order chi connectivity index (χ0) is 12.1. The fourth-order valence-electron chi connectivity index (χ4n) is 1.66. The van der Waals surface area contributed by atoms with Crippen molar-refractivity contribution in [3.8, 4) is 0 Å². The first-order valence-corrected chi connectivity index (χ1v) is 7.30. The molecule has 0 amide bonds. The molecule has 0 bridgehead atoms. The Labute approximate surface area is 108 Å². The van der Waals surface area contributed by atoms with Gasteiger partial charge in [-0.25, -0.2) is 0 Å². The van der Waals surface area contributed by atoms with Gasteiger partial charge >= 0.3 is 0 Å². The van der Waals surface area contributed by atoms with E-state index in [2.05, 4.69) is 65.7 Å². The van der Waals surface area contributed by atoms with E-state index in [-0.39, 0.29) is 0 Å². The maximum absolute atomic E-state index is 4.65. The van der Waals surface area contributed by atoms with Gasteiger partial charge in [0.2, 0.25) is 0 Å². The maximum atomic E-state index is 4.65. The largest absolute Gasteiger partial charge is 0.270 e. The third-order valence-electron chi connectivity index (χ3n) is 3.32. The number of hydrogen-bond acceptors (Lipinski definition) is 1. The zero-order valence-electron chi connectivity index (χ0n) is 10.8. The van der Waals surface area contributed by atoms with Gasteiger partial charge in [0.25, 0.3) is 0 Å². The van der Waals surface area contributed by atoms with Gasteiger partial charge in [-0.05, 0) is 37.7 Å². The fraction of sp³-hybridized carbons (Fsp3) is 0.769. The van der Waals surface area contributed by atoms with E-state index in [1.54, 1.807) is 0 Å². The Kier molecular flexibility index (Phi) is 5.53. The van der Waals surface area contributed by atoms with Crippen molar-refractivity contribution in [3.63, 3.8) is 0 Å². The van der Waals surface area contributed by atoms with Gasteiger partial charge in [0, 0.05) is 17.6 Å². The van der Waals surface area contributed by atoms with Crippen molar-refractivity contribution in [1.29, 1.82) is 0 Å². The number of halogens is 1. The molecule has 1 heterocycles. The third kappa shape index (κ3) is 3.62. The highest BCUT2D eigenvalue weighted by Gasteiger charge is 2.14. The molecule has 0 aliphatic rings. The molecule has 1 aromatic rings. The van der Waals surface area contributed by atoms with Gasteiger partial charge in [-0.3, -0.25) is 4.68 Å². The summed E-state index contributed by atoms with van der Waals surface area (Å²) in [6.07, 6.45) is 4.31. The molecule has 1 aromatic heterocycles. The van der Waals surface area contributed by atoms with Crippen LogP contribution in [0, 0.1) is 11.8 Å². The van der Waals surface area contributed by atoms with Crippen molar-refractivity contribution in [2.24, 2.45) is 11.8 Å². The molecular weight excluding hydrogens is 264 g/mol. The lowest BCUT2D eigenvalue weighted by atomic mass is 9.93. The third-order valence-corrected chi connectivity index (χ3v) is 4.15. The predicted octanol–water partition coefficient (Wildman–Crippen LogP) is 4.06. The molecule has 2 nitrogen and oxygen atoms in total. The SMILES string of the molecule is CCC(C)n1ccc(CC(CBr)C(C)C)n1. The van der Waals surface area contributed by atoms with Crippen molar-refractivity contribution in [2.45, 2.75) is 46.6 Å². The lowest BCUT2D eigenvalue weighted by Crippen LogP contribution is -2.14. The predicted molar refractivity (Wildman–Crippen MR) is 73.1 cm³/mol. The average molecular weight is 287 g/mol. The molecule has 16 heavy (non-hydrogen) atoms. The highest BCUT2D eigenvalue weighted by molar-refractivity contribution is 9.09. The molecule has 0 saturated heterocycles. The second-order valence-corrected chi connectivity index (χ2v) is 5.55. The zero-order valence-corrected chi connectivity index (χ0v) is 12.4. The minimum atomic E-state index is 0.509. The summed E-state index contributed by atoms with van der Waals surface area (Å²) < 4.78 is 2.08. The minimum absolute atomic E-state index is 0.509. The summed E-state index contributed by atoms with van der Waals surface area (Å²) in [5.41, 5.74) is 1.22. The van der Waals surface area contributed by atoms with Crippen molar-refractivity contribution in [1.82, 2.24) is 9.78 Å². The molecule has 0 radical (unpaired) electrons. The highest BCUT2D eigenvalue weighted by atomic mass is 79.9. The van der Waals surface area contributed by atoms with Crippen LogP contribution in [0.3, 0.4) is 0 Å². The Morgan fingerprint density at radius 1 is 1.38 bits per heavy atom. The van der Waals surface area contributed by atoms with E-state index >= 15 is 0 Å². The average Bonchev–Trinajstić information content (AvgIpc) is 2.72. The number of nitrogens with zero attached hydrogens (tertiary/aromatic N) is 2. The molecule has 0 saturated carbocycles. The van der Waals surface area contributed by atoms with Gasteiger partial charge in [0.15, 0.2) is 0 Å². The molecule has 92 valence electrons. The van der Waals surface area contributed by atoms with E-state index in [0.717, 1.165) is 18.2 Å². The second kappa shape index (κ2) is 6.43. The quantitative estimate of drug-likeness (QED) is 0.721. The second-order valence-electron chi connectivity index (χ2n) is 4.91. The van der Waals surface area contributed by atoms with E-state index in [1.165, 1.54) is 5.69 Å². The van der Waals surface area contributed by atoms with Gasteiger partial charge in [0.05, 0.1) is 5.69 Å². The van der Waals surface area contributed by atoms with Gasteiger partial charge in [-0.2, -0.15) is 5.10 Å². The summed E-state index contributed by atoms with van der Waals surface area (Å²) in [7, 11) is 0. The topological polar surface area (TPSA) is 17.8 Å². The Hall–Kier alpha value is -0.310. The number of hydrogen-bond donors (Lipinski definition) is 0. The van der Waals surface area contributed by atoms with Crippen LogP contribution < -0.4 is 0 Å². The van der Waals surface area contributed by atoms with Crippen LogP contribution in [0.4, 0.5) is 0 Å². The van der Waals surface area contributed by atoms with E-state index in [1.807, 2.05) is 0 Å². The summed E-state index contributed by atoms with van der Waals surface area (Å²) in [6, 6.07) is 2.67. The molecule has 1 rings (SSSR count). The number of aromatic nitrogens is 2. The van der Waals surface area contributed by atoms with Crippen LogP contribution in [-0.4, -0.2) is 15.1 Å². The van der Waals surface area contributed by atoms with Crippen LogP contribution in [0.15, 0.2) is 12.3 Å². The molecule has 0 fully saturated rings. The molecule has 0 aromatic carbocycles. The first kappa shape index (κ1) is 13.8. The number of rotatable bonds is 6. The van der Waals surface area contributed by atoms with E-state index < -0.39 is 0 Å². The minimum Gasteiger partial charge on any atom is -0.270 e. The monoisotopic (exact) mass is 286 g/mol. The summed E-state index contributed by atoms with van der Waals surface area (Å²) in [5.74, 6) is 1.38. The number of alkyl halides is 1. The molecule has 0 aliphatic carbocycles. The van der Waals surface area contributed by atoms with Crippen LogP contribution in [0.2, 0.25) is 0 Å². The maximum Gasteiger partial charge on any atom is 0.0627 e. The van der Waals surface area contributed by atoms with Crippen molar-refractivity contribution < 1.29 is 0 Å². The van der Waals surface area contributed by atoms with Crippen LogP contribution in [0.5, 0.6) is 0 Å². The fourth-order valence-corrected chi connectivity index (χ4v) is 2.63. The lowest BCUT2D eigenvalue weighted by Gasteiger charge is -2.16. The Morgan fingerprint density at radius 3 is 2.56 bits per heavy atom.